The molecule has 0 spiro atoms. The molecular weight excluding hydrogens is 191 g/mol. The summed E-state index contributed by atoms with van der Waals surface area (Å²) in [4.78, 5) is 10.3. The van der Waals surface area contributed by atoms with Crippen molar-refractivity contribution in [2.75, 3.05) is 0 Å². The summed E-state index contributed by atoms with van der Waals surface area (Å²) in [6.07, 6.45) is -0.105. The molecule has 0 aliphatic rings. The van der Waals surface area contributed by atoms with E-state index < -0.39 is 11.2 Å². The number of thiol groups is 1. The molecule has 1 rings (SSSR count). The van der Waals surface area contributed by atoms with Crippen LogP contribution in [0.5, 0.6) is 0 Å². The van der Waals surface area contributed by atoms with E-state index in [0.717, 1.165) is 0 Å². The fourth-order valence-corrected chi connectivity index (χ4v) is 1.31. The van der Waals surface area contributed by atoms with Gasteiger partial charge in [0.15, 0.2) is 0 Å². The highest BCUT2D eigenvalue weighted by atomic mass is 32.1. The van der Waals surface area contributed by atoms with Crippen molar-refractivity contribution in [1.82, 2.24) is 0 Å². The molecule has 1 unspecified atom stereocenters. The van der Waals surface area contributed by atoms with Gasteiger partial charge in [-0.15, -0.1) is 0 Å². The van der Waals surface area contributed by atoms with E-state index in [1.165, 1.54) is 18.2 Å². The van der Waals surface area contributed by atoms with Gasteiger partial charge in [0.1, 0.15) is 5.82 Å². The van der Waals surface area contributed by atoms with Crippen LogP contribution in [0.2, 0.25) is 0 Å². The molecule has 0 radical (unpaired) electrons. The molecule has 1 N–H and O–H groups in total. The molecule has 1 aromatic rings. The molecule has 0 saturated carbocycles. The van der Waals surface area contributed by atoms with Gasteiger partial charge >= 0.3 is 5.97 Å². The van der Waals surface area contributed by atoms with E-state index in [4.69, 9.17) is 5.11 Å². The van der Waals surface area contributed by atoms with Crippen molar-refractivity contribution in [3.05, 3.63) is 35.6 Å². The molecule has 13 heavy (non-hydrogen) atoms. The third-order valence-corrected chi connectivity index (χ3v) is 2.08. The molecule has 0 aromatic heterocycles. The molecule has 4 heteroatoms. The van der Waals surface area contributed by atoms with E-state index in [9.17, 15) is 9.18 Å². The summed E-state index contributed by atoms with van der Waals surface area (Å²) in [5.74, 6) is -1.31. The number of benzene rings is 1. The van der Waals surface area contributed by atoms with Gasteiger partial charge < -0.3 is 5.11 Å². The van der Waals surface area contributed by atoms with E-state index in [1.807, 2.05) is 0 Å². The van der Waals surface area contributed by atoms with Crippen molar-refractivity contribution in [2.24, 2.45) is 0 Å². The number of carboxylic acids is 1. The van der Waals surface area contributed by atoms with Crippen LogP contribution >= 0.6 is 12.6 Å². The van der Waals surface area contributed by atoms with Gasteiger partial charge in [-0.1, -0.05) is 12.1 Å². The lowest BCUT2D eigenvalue weighted by atomic mass is 10.1. The number of hydrogen-bond donors (Lipinski definition) is 2. The van der Waals surface area contributed by atoms with Crippen molar-refractivity contribution in [2.45, 2.75) is 11.7 Å². The standard InChI is InChI=1S/C9H9FO2S/c10-7-3-1-2-6(4-7)8(13)5-9(11)12/h1-4,8,13H,5H2,(H,11,12). The topological polar surface area (TPSA) is 37.3 Å². The summed E-state index contributed by atoms with van der Waals surface area (Å²) in [6.45, 7) is 0. The second-order valence-corrected chi connectivity index (χ2v) is 3.29. The Morgan fingerprint density at radius 2 is 2.31 bits per heavy atom. The summed E-state index contributed by atoms with van der Waals surface area (Å²) in [5, 5.41) is 8.02. The van der Waals surface area contributed by atoms with E-state index >= 15 is 0 Å². The number of carbonyl (C=O) groups is 1. The van der Waals surface area contributed by atoms with Crippen molar-refractivity contribution in [1.29, 1.82) is 0 Å². The highest BCUT2D eigenvalue weighted by Gasteiger charge is 2.10. The average molecular weight is 200 g/mol. The highest BCUT2D eigenvalue weighted by molar-refractivity contribution is 7.80. The van der Waals surface area contributed by atoms with E-state index in [0.29, 0.717) is 5.56 Å². The van der Waals surface area contributed by atoms with E-state index in [2.05, 4.69) is 12.6 Å². The Morgan fingerprint density at radius 1 is 1.62 bits per heavy atom. The Hall–Kier alpha value is -1.03. The van der Waals surface area contributed by atoms with Gasteiger partial charge in [0.05, 0.1) is 6.42 Å². The summed E-state index contributed by atoms with van der Waals surface area (Å²) < 4.78 is 12.7. The Kier molecular flexibility index (Phi) is 3.31. The molecule has 0 aliphatic heterocycles. The predicted octanol–water partition coefficient (Wildman–Crippen LogP) is 2.27. The minimum Gasteiger partial charge on any atom is -0.481 e. The third-order valence-electron chi connectivity index (χ3n) is 1.60. The quantitative estimate of drug-likeness (QED) is 0.734. The van der Waals surface area contributed by atoms with Crippen LogP contribution in [0.1, 0.15) is 17.2 Å². The van der Waals surface area contributed by atoms with E-state index in [-0.39, 0.29) is 12.2 Å². The van der Waals surface area contributed by atoms with Gasteiger partial charge in [-0.2, -0.15) is 12.6 Å². The molecule has 0 heterocycles. The zero-order chi connectivity index (χ0) is 9.84. The van der Waals surface area contributed by atoms with Gasteiger partial charge in [0.25, 0.3) is 0 Å². The molecule has 2 nitrogen and oxygen atoms in total. The summed E-state index contributed by atoms with van der Waals surface area (Å²) >= 11 is 4.06. The lowest BCUT2D eigenvalue weighted by molar-refractivity contribution is -0.137. The molecule has 1 aromatic carbocycles. The summed E-state index contributed by atoms with van der Waals surface area (Å²) in [5.41, 5.74) is 0.589. The van der Waals surface area contributed by atoms with Crippen LogP contribution in [-0.4, -0.2) is 11.1 Å². The van der Waals surface area contributed by atoms with Crippen LogP contribution < -0.4 is 0 Å². The maximum Gasteiger partial charge on any atom is 0.304 e. The van der Waals surface area contributed by atoms with Crippen LogP contribution in [0, 0.1) is 5.82 Å². The highest BCUT2D eigenvalue weighted by Crippen LogP contribution is 2.23. The Bertz CT molecular complexity index is 314. The fourth-order valence-electron chi connectivity index (χ4n) is 0.997. The molecule has 70 valence electrons. The maximum absolute atomic E-state index is 12.7. The first-order chi connectivity index (χ1) is 6.09. The zero-order valence-corrected chi connectivity index (χ0v) is 7.67. The van der Waals surface area contributed by atoms with Crippen LogP contribution in [0.15, 0.2) is 24.3 Å². The first-order valence-electron chi connectivity index (χ1n) is 3.75. The molecule has 0 aliphatic carbocycles. The van der Waals surface area contributed by atoms with Gasteiger partial charge in [-0.3, -0.25) is 4.79 Å². The normalized spacial score (nSPS) is 12.5. The van der Waals surface area contributed by atoms with Crippen LogP contribution in [0.25, 0.3) is 0 Å². The summed E-state index contributed by atoms with van der Waals surface area (Å²) in [7, 11) is 0. The monoisotopic (exact) mass is 200 g/mol. The average Bonchev–Trinajstić information content (AvgIpc) is 2.03. The minimum atomic E-state index is -0.940. The second kappa shape index (κ2) is 4.28. The van der Waals surface area contributed by atoms with Gasteiger partial charge in [-0.05, 0) is 17.7 Å². The second-order valence-electron chi connectivity index (χ2n) is 2.67. The smallest absolute Gasteiger partial charge is 0.304 e. The lowest BCUT2D eigenvalue weighted by Crippen LogP contribution is -2.01. The first kappa shape index (κ1) is 10.1. The number of carboxylic acid groups (broad SMARTS) is 1. The Morgan fingerprint density at radius 3 is 2.85 bits per heavy atom. The van der Waals surface area contributed by atoms with Gasteiger partial charge in [0.2, 0.25) is 0 Å². The van der Waals surface area contributed by atoms with Gasteiger partial charge in [-0.25, -0.2) is 4.39 Å². The number of aliphatic carboxylic acids is 1. The van der Waals surface area contributed by atoms with Crippen molar-refractivity contribution >= 4 is 18.6 Å². The molecule has 0 fully saturated rings. The Balaban J connectivity index is 2.76. The van der Waals surface area contributed by atoms with Crippen molar-refractivity contribution in [3.8, 4) is 0 Å². The first-order valence-corrected chi connectivity index (χ1v) is 4.26. The number of halogens is 1. The van der Waals surface area contributed by atoms with Crippen molar-refractivity contribution in [3.63, 3.8) is 0 Å². The van der Waals surface area contributed by atoms with Crippen LogP contribution in [0.4, 0.5) is 4.39 Å². The summed E-state index contributed by atoms with van der Waals surface area (Å²) in [6, 6.07) is 5.80. The number of hydrogen-bond acceptors (Lipinski definition) is 2. The van der Waals surface area contributed by atoms with Gasteiger partial charge in [0, 0.05) is 5.25 Å². The van der Waals surface area contributed by atoms with Crippen LogP contribution in [0.3, 0.4) is 0 Å². The van der Waals surface area contributed by atoms with Crippen LogP contribution in [-0.2, 0) is 4.79 Å². The van der Waals surface area contributed by atoms with Crippen molar-refractivity contribution < 1.29 is 14.3 Å². The molecule has 0 bridgehead atoms. The predicted molar refractivity (Wildman–Crippen MR) is 50.4 cm³/mol. The lowest BCUT2D eigenvalue weighted by Gasteiger charge is -2.07. The molecule has 0 amide bonds. The van der Waals surface area contributed by atoms with E-state index in [1.54, 1.807) is 6.07 Å². The number of rotatable bonds is 3. The zero-order valence-electron chi connectivity index (χ0n) is 6.77. The molecular formula is C9H9FO2S. The SMILES string of the molecule is O=C(O)CC(S)c1cccc(F)c1. The molecule has 0 saturated heterocycles. The maximum atomic E-state index is 12.7. The third kappa shape index (κ3) is 3.06. The Labute approximate surface area is 80.8 Å². The molecule has 1 atom stereocenters. The fraction of sp³-hybridized carbons (Fsp3) is 0.222. The minimum absolute atomic E-state index is 0.105. The largest absolute Gasteiger partial charge is 0.481 e.